The maximum atomic E-state index is 3.58. The zero-order chi connectivity index (χ0) is 13.7. The van der Waals surface area contributed by atoms with Gasteiger partial charge in [-0.1, -0.05) is 28.1 Å². The normalized spacial score (nSPS) is 17.8. The summed E-state index contributed by atoms with van der Waals surface area (Å²) < 4.78 is 1.20. The highest BCUT2D eigenvalue weighted by Crippen LogP contribution is 2.17. The molecule has 0 aliphatic carbocycles. The van der Waals surface area contributed by atoms with Crippen molar-refractivity contribution in [3.8, 4) is 0 Å². The summed E-state index contributed by atoms with van der Waals surface area (Å²) in [5, 5.41) is 3.53. The number of aryl methyl sites for hydroxylation is 1. The van der Waals surface area contributed by atoms with Crippen LogP contribution in [0.1, 0.15) is 11.1 Å². The molecule has 1 aliphatic heterocycles. The molecule has 1 aliphatic rings. The van der Waals surface area contributed by atoms with Crippen LogP contribution in [0.5, 0.6) is 0 Å². The summed E-state index contributed by atoms with van der Waals surface area (Å²) in [5.41, 5.74) is 2.64. The Morgan fingerprint density at radius 1 is 1.21 bits per heavy atom. The van der Waals surface area contributed by atoms with Gasteiger partial charge in [-0.3, -0.25) is 4.90 Å². The third-order valence-electron chi connectivity index (χ3n) is 3.77. The molecule has 1 heterocycles. The summed E-state index contributed by atoms with van der Waals surface area (Å²) in [6.07, 6.45) is 0. The molecule has 1 fully saturated rings. The molecule has 0 atom stereocenters. The molecule has 0 aromatic heterocycles. The van der Waals surface area contributed by atoms with Crippen LogP contribution in [0.4, 0.5) is 0 Å². The fourth-order valence-corrected chi connectivity index (χ4v) is 2.71. The number of halogens is 1. The highest BCUT2D eigenvalue weighted by Gasteiger charge is 2.12. The molecule has 0 radical (unpaired) electrons. The maximum absolute atomic E-state index is 3.58. The Morgan fingerprint density at radius 2 is 1.95 bits per heavy atom. The van der Waals surface area contributed by atoms with Crippen LogP contribution >= 0.6 is 15.9 Å². The van der Waals surface area contributed by atoms with Crippen LogP contribution in [0.15, 0.2) is 22.7 Å². The summed E-state index contributed by atoms with van der Waals surface area (Å²) in [7, 11) is 2.20. The van der Waals surface area contributed by atoms with Crippen LogP contribution in [0.25, 0.3) is 0 Å². The molecule has 0 bridgehead atoms. The van der Waals surface area contributed by atoms with Crippen molar-refractivity contribution in [1.29, 1.82) is 0 Å². The predicted octanol–water partition coefficient (Wildman–Crippen LogP) is 2.09. The number of nitrogens with zero attached hydrogens (tertiary/aromatic N) is 2. The third-order valence-corrected chi connectivity index (χ3v) is 4.62. The van der Waals surface area contributed by atoms with E-state index in [0.29, 0.717) is 0 Å². The van der Waals surface area contributed by atoms with E-state index in [1.807, 2.05) is 0 Å². The van der Waals surface area contributed by atoms with Crippen molar-refractivity contribution in [1.82, 2.24) is 15.1 Å². The highest BCUT2D eigenvalue weighted by molar-refractivity contribution is 9.10. The van der Waals surface area contributed by atoms with Crippen LogP contribution in [-0.4, -0.2) is 56.1 Å². The van der Waals surface area contributed by atoms with Crippen molar-refractivity contribution in [2.45, 2.75) is 13.5 Å². The summed E-state index contributed by atoms with van der Waals surface area (Å²) in [4.78, 5) is 4.94. The van der Waals surface area contributed by atoms with Crippen molar-refractivity contribution < 1.29 is 0 Å². The SMILES string of the molecule is Cc1ccc(CNCCN2CCN(C)CC2)cc1Br. The van der Waals surface area contributed by atoms with Gasteiger partial charge in [0.1, 0.15) is 0 Å². The fourth-order valence-electron chi connectivity index (χ4n) is 2.29. The molecule has 1 saturated heterocycles. The van der Waals surface area contributed by atoms with Crippen LogP contribution in [0, 0.1) is 6.92 Å². The van der Waals surface area contributed by atoms with E-state index in [0.717, 1.165) is 19.6 Å². The average Bonchev–Trinajstić information content (AvgIpc) is 2.41. The highest BCUT2D eigenvalue weighted by atomic mass is 79.9. The van der Waals surface area contributed by atoms with Gasteiger partial charge in [-0.15, -0.1) is 0 Å². The molecule has 1 aromatic carbocycles. The molecule has 19 heavy (non-hydrogen) atoms. The number of rotatable bonds is 5. The number of benzene rings is 1. The molecular formula is C15H24BrN3. The van der Waals surface area contributed by atoms with E-state index < -0.39 is 0 Å². The Bertz CT molecular complexity index is 400. The first kappa shape index (κ1) is 15.0. The smallest absolute Gasteiger partial charge is 0.0207 e. The Kier molecular flexibility index (Phi) is 5.82. The Hall–Kier alpha value is -0.420. The molecule has 0 spiro atoms. The lowest BCUT2D eigenvalue weighted by atomic mass is 10.1. The zero-order valence-electron chi connectivity index (χ0n) is 12.0. The van der Waals surface area contributed by atoms with Gasteiger partial charge in [-0.05, 0) is 31.2 Å². The fraction of sp³-hybridized carbons (Fsp3) is 0.600. The minimum Gasteiger partial charge on any atom is -0.311 e. The van der Waals surface area contributed by atoms with Gasteiger partial charge in [0, 0.05) is 50.3 Å². The largest absolute Gasteiger partial charge is 0.311 e. The molecule has 106 valence electrons. The van der Waals surface area contributed by atoms with Crippen LogP contribution in [0.3, 0.4) is 0 Å². The van der Waals surface area contributed by atoms with E-state index in [1.165, 1.54) is 41.8 Å². The lowest BCUT2D eigenvalue weighted by molar-refractivity contribution is 0.154. The monoisotopic (exact) mass is 325 g/mol. The first-order chi connectivity index (χ1) is 9.15. The van der Waals surface area contributed by atoms with E-state index in [-0.39, 0.29) is 0 Å². The molecule has 0 amide bonds. The second-order valence-corrected chi connectivity index (χ2v) is 6.26. The van der Waals surface area contributed by atoms with Gasteiger partial charge in [0.05, 0.1) is 0 Å². The number of nitrogens with one attached hydrogen (secondary N) is 1. The zero-order valence-corrected chi connectivity index (χ0v) is 13.5. The number of piperazine rings is 1. The first-order valence-corrected chi connectivity index (χ1v) is 7.81. The van der Waals surface area contributed by atoms with Crippen LogP contribution in [0.2, 0.25) is 0 Å². The average molecular weight is 326 g/mol. The van der Waals surface area contributed by atoms with Gasteiger partial charge in [0.25, 0.3) is 0 Å². The van der Waals surface area contributed by atoms with Gasteiger partial charge in [0.15, 0.2) is 0 Å². The van der Waals surface area contributed by atoms with Crippen molar-refractivity contribution in [3.05, 3.63) is 33.8 Å². The number of likely N-dealkylation sites (N-methyl/N-ethyl adjacent to an activating group) is 1. The summed E-state index contributed by atoms with van der Waals surface area (Å²) in [5.74, 6) is 0. The van der Waals surface area contributed by atoms with Gasteiger partial charge in [-0.25, -0.2) is 0 Å². The molecule has 4 heteroatoms. The lowest BCUT2D eigenvalue weighted by Crippen LogP contribution is -2.46. The second-order valence-electron chi connectivity index (χ2n) is 5.41. The minimum absolute atomic E-state index is 0.951. The number of hydrogen-bond donors (Lipinski definition) is 1. The van der Waals surface area contributed by atoms with E-state index in [4.69, 9.17) is 0 Å². The van der Waals surface area contributed by atoms with E-state index in [2.05, 4.69) is 63.2 Å². The van der Waals surface area contributed by atoms with Crippen LogP contribution < -0.4 is 5.32 Å². The molecule has 2 rings (SSSR count). The van der Waals surface area contributed by atoms with E-state index >= 15 is 0 Å². The number of hydrogen-bond acceptors (Lipinski definition) is 3. The lowest BCUT2D eigenvalue weighted by Gasteiger charge is -2.32. The van der Waals surface area contributed by atoms with Gasteiger partial charge >= 0.3 is 0 Å². The summed E-state index contributed by atoms with van der Waals surface area (Å²) in [6.45, 7) is 10.1. The molecule has 3 nitrogen and oxygen atoms in total. The Labute approximate surface area is 125 Å². The molecule has 0 saturated carbocycles. The van der Waals surface area contributed by atoms with E-state index in [9.17, 15) is 0 Å². The molecule has 1 aromatic rings. The Morgan fingerprint density at radius 3 is 2.63 bits per heavy atom. The first-order valence-electron chi connectivity index (χ1n) is 7.02. The quantitative estimate of drug-likeness (QED) is 0.836. The van der Waals surface area contributed by atoms with Gasteiger partial charge in [-0.2, -0.15) is 0 Å². The van der Waals surface area contributed by atoms with E-state index in [1.54, 1.807) is 0 Å². The van der Waals surface area contributed by atoms with Crippen molar-refractivity contribution in [2.24, 2.45) is 0 Å². The third kappa shape index (κ3) is 4.88. The summed E-state index contributed by atoms with van der Waals surface area (Å²) >= 11 is 3.58. The van der Waals surface area contributed by atoms with Crippen molar-refractivity contribution >= 4 is 15.9 Å². The summed E-state index contributed by atoms with van der Waals surface area (Å²) in [6, 6.07) is 6.57. The van der Waals surface area contributed by atoms with Crippen molar-refractivity contribution in [2.75, 3.05) is 46.3 Å². The van der Waals surface area contributed by atoms with Gasteiger partial charge in [0.2, 0.25) is 0 Å². The van der Waals surface area contributed by atoms with Crippen molar-refractivity contribution in [3.63, 3.8) is 0 Å². The molecule has 1 N–H and O–H groups in total. The van der Waals surface area contributed by atoms with Crippen LogP contribution in [-0.2, 0) is 6.54 Å². The second kappa shape index (κ2) is 7.39. The standard InChI is InChI=1S/C15H24BrN3/c1-13-3-4-14(11-15(13)16)12-17-5-6-19-9-7-18(2)8-10-19/h3-4,11,17H,5-10,12H2,1-2H3. The Balaban J connectivity index is 1.65. The molecule has 0 unspecified atom stereocenters. The predicted molar refractivity (Wildman–Crippen MR) is 84.5 cm³/mol. The maximum Gasteiger partial charge on any atom is 0.0207 e. The molecular weight excluding hydrogens is 302 g/mol. The van der Waals surface area contributed by atoms with Gasteiger partial charge < -0.3 is 10.2 Å². The minimum atomic E-state index is 0.951. The topological polar surface area (TPSA) is 18.5 Å².